The zero-order valence-electron chi connectivity index (χ0n) is 14.6. The third kappa shape index (κ3) is 3.43. The van der Waals surface area contributed by atoms with Gasteiger partial charge in [-0.2, -0.15) is 4.37 Å². The van der Waals surface area contributed by atoms with E-state index < -0.39 is 0 Å². The average molecular weight is 366 g/mol. The molecule has 1 aromatic heterocycles. The Labute approximate surface area is 157 Å². The molecule has 134 valence electrons. The summed E-state index contributed by atoms with van der Waals surface area (Å²) < 4.78 is 5.91. The number of benzene rings is 2. The zero-order valence-corrected chi connectivity index (χ0v) is 15.4. The van der Waals surface area contributed by atoms with Crippen molar-refractivity contribution in [3.05, 3.63) is 59.7 Å². The fraction of sp³-hybridized carbons (Fsp3) is 0.300. The van der Waals surface area contributed by atoms with Crippen molar-refractivity contribution < 1.29 is 4.79 Å². The first-order valence-corrected chi connectivity index (χ1v) is 9.69. The smallest absolute Gasteiger partial charge is 0.248 e. The number of anilines is 1. The molecule has 1 aliphatic heterocycles. The van der Waals surface area contributed by atoms with Crippen LogP contribution in [-0.2, 0) is 6.42 Å². The van der Waals surface area contributed by atoms with Crippen LogP contribution >= 0.6 is 11.5 Å². The highest BCUT2D eigenvalue weighted by Crippen LogP contribution is 2.29. The Morgan fingerprint density at radius 1 is 1.04 bits per heavy atom. The molecule has 0 radical (unpaired) electrons. The van der Waals surface area contributed by atoms with Crippen LogP contribution in [0.2, 0.25) is 0 Å². The molecule has 26 heavy (non-hydrogen) atoms. The topological polar surface area (TPSA) is 62.5 Å². The van der Waals surface area contributed by atoms with Crippen LogP contribution in [0.4, 0.5) is 5.82 Å². The zero-order chi connectivity index (χ0) is 17.9. The van der Waals surface area contributed by atoms with Gasteiger partial charge in [-0.3, -0.25) is 9.69 Å². The number of hydrogen-bond donors (Lipinski definition) is 1. The van der Waals surface area contributed by atoms with Gasteiger partial charge in [0.2, 0.25) is 5.91 Å². The van der Waals surface area contributed by atoms with E-state index in [0.717, 1.165) is 50.5 Å². The van der Waals surface area contributed by atoms with Crippen molar-refractivity contribution in [2.45, 2.75) is 6.42 Å². The highest BCUT2D eigenvalue weighted by molar-refractivity contribution is 7.13. The Bertz CT molecular complexity index is 915. The number of aromatic nitrogens is 1. The normalized spacial score (nSPS) is 15.5. The van der Waals surface area contributed by atoms with Crippen molar-refractivity contribution in [3.63, 3.8) is 0 Å². The van der Waals surface area contributed by atoms with Crippen LogP contribution in [-0.4, -0.2) is 47.9 Å². The molecule has 1 aliphatic rings. The molecule has 1 fully saturated rings. The van der Waals surface area contributed by atoms with Gasteiger partial charge in [-0.15, -0.1) is 0 Å². The molecule has 2 heterocycles. The Morgan fingerprint density at radius 3 is 2.58 bits per heavy atom. The third-order valence-electron chi connectivity index (χ3n) is 5.01. The molecule has 0 spiro atoms. The molecule has 5 nitrogen and oxygen atoms in total. The summed E-state index contributed by atoms with van der Waals surface area (Å²) in [4.78, 5) is 16.4. The number of hydrogen-bond acceptors (Lipinski definition) is 5. The van der Waals surface area contributed by atoms with Gasteiger partial charge < -0.3 is 10.6 Å². The van der Waals surface area contributed by atoms with E-state index >= 15 is 0 Å². The SMILES string of the molecule is NC(=O)c1ccccc1CCN1CCN(c2nsc3ccccc23)CC1. The van der Waals surface area contributed by atoms with Crippen LogP contribution in [0.5, 0.6) is 0 Å². The van der Waals surface area contributed by atoms with E-state index in [1.165, 1.54) is 10.1 Å². The fourth-order valence-electron chi connectivity index (χ4n) is 3.54. The summed E-state index contributed by atoms with van der Waals surface area (Å²) in [6.07, 6.45) is 0.846. The Balaban J connectivity index is 1.36. The lowest BCUT2D eigenvalue weighted by molar-refractivity contribution is 0.0999. The van der Waals surface area contributed by atoms with E-state index in [-0.39, 0.29) is 5.91 Å². The van der Waals surface area contributed by atoms with E-state index in [0.29, 0.717) is 5.56 Å². The van der Waals surface area contributed by atoms with Gasteiger partial charge in [-0.1, -0.05) is 30.3 Å². The minimum absolute atomic E-state index is 0.346. The van der Waals surface area contributed by atoms with Crippen molar-refractivity contribution in [3.8, 4) is 0 Å². The molecule has 0 aliphatic carbocycles. The monoisotopic (exact) mass is 366 g/mol. The van der Waals surface area contributed by atoms with Crippen LogP contribution in [0.1, 0.15) is 15.9 Å². The average Bonchev–Trinajstić information content (AvgIpc) is 3.11. The Hall–Kier alpha value is -2.44. The highest BCUT2D eigenvalue weighted by atomic mass is 32.1. The van der Waals surface area contributed by atoms with Crippen molar-refractivity contribution in [2.75, 3.05) is 37.6 Å². The van der Waals surface area contributed by atoms with Crippen LogP contribution in [0.15, 0.2) is 48.5 Å². The summed E-state index contributed by atoms with van der Waals surface area (Å²) >= 11 is 1.57. The second-order valence-corrected chi connectivity index (χ2v) is 7.41. The molecule has 1 amide bonds. The Kier molecular flexibility index (Phi) is 4.86. The number of nitrogens with zero attached hydrogens (tertiary/aromatic N) is 3. The van der Waals surface area contributed by atoms with E-state index in [1.54, 1.807) is 11.5 Å². The molecule has 1 saturated heterocycles. The van der Waals surface area contributed by atoms with Crippen molar-refractivity contribution in [1.82, 2.24) is 9.27 Å². The van der Waals surface area contributed by atoms with Gasteiger partial charge in [0.25, 0.3) is 0 Å². The molecule has 0 atom stereocenters. The molecule has 0 unspecified atom stereocenters. The van der Waals surface area contributed by atoms with Gasteiger partial charge in [0, 0.05) is 43.7 Å². The summed E-state index contributed by atoms with van der Waals surface area (Å²) in [6.45, 7) is 4.90. The van der Waals surface area contributed by atoms with Gasteiger partial charge >= 0.3 is 0 Å². The van der Waals surface area contributed by atoms with Gasteiger partial charge in [-0.25, -0.2) is 0 Å². The first kappa shape index (κ1) is 17.0. The lowest BCUT2D eigenvalue weighted by atomic mass is 10.0. The first-order chi connectivity index (χ1) is 12.7. The number of nitrogens with two attached hydrogens (primary N) is 1. The van der Waals surface area contributed by atoms with Crippen LogP contribution in [0.25, 0.3) is 10.1 Å². The quantitative estimate of drug-likeness (QED) is 0.754. The molecule has 4 rings (SSSR count). The molecule has 2 aromatic carbocycles. The predicted octanol–water partition coefficient (Wildman–Crippen LogP) is 2.76. The minimum atomic E-state index is -0.346. The molecule has 6 heteroatoms. The number of piperazine rings is 1. The first-order valence-electron chi connectivity index (χ1n) is 8.92. The molecular weight excluding hydrogens is 344 g/mol. The molecule has 0 saturated carbocycles. The number of carbonyl (C=O) groups excluding carboxylic acids is 1. The number of rotatable bonds is 5. The second kappa shape index (κ2) is 7.43. The maximum Gasteiger partial charge on any atom is 0.248 e. The number of fused-ring (bicyclic) bond motifs is 1. The van der Waals surface area contributed by atoms with Crippen LogP contribution < -0.4 is 10.6 Å². The van der Waals surface area contributed by atoms with E-state index in [4.69, 9.17) is 5.73 Å². The maximum atomic E-state index is 11.6. The van der Waals surface area contributed by atoms with Gasteiger partial charge in [0.15, 0.2) is 0 Å². The van der Waals surface area contributed by atoms with Crippen molar-refractivity contribution >= 4 is 33.3 Å². The number of carbonyl (C=O) groups is 1. The maximum absolute atomic E-state index is 11.6. The van der Waals surface area contributed by atoms with Crippen LogP contribution in [0, 0.1) is 0 Å². The molecular formula is C20H22N4OS. The lowest BCUT2D eigenvalue weighted by Crippen LogP contribution is -2.47. The summed E-state index contributed by atoms with van der Waals surface area (Å²) in [7, 11) is 0. The summed E-state index contributed by atoms with van der Waals surface area (Å²) in [5.41, 5.74) is 7.15. The highest BCUT2D eigenvalue weighted by Gasteiger charge is 2.20. The van der Waals surface area contributed by atoms with Crippen LogP contribution in [0.3, 0.4) is 0 Å². The summed E-state index contributed by atoms with van der Waals surface area (Å²) in [5.74, 6) is 0.769. The molecule has 2 N–H and O–H groups in total. The Morgan fingerprint density at radius 2 is 1.77 bits per heavy atom. The van der Waals surface area contributed by atoms with Gasteiger partial charge in [0.05, 0.1) is 4.70 Å². The third-order valence-corrected chi connectivity index (χ3v) is 5.83. The predicted molar refractivity (Wildman–Crippen MR) is 107 cm³/mol. The molecule has 0 bridgehead atoms. The van der Waals surface area contributed by atoms with E-state index in [2.05, 4.69) is 38.4 Å². The van der Waals surface area contributed by atoms with Gasteiger partial charge in [0.1, 0.15) is 5.82 Å². The largest absolute Gasteiger partial charge is 0.366 e. The minimum Gasteiger partial charge on any atom is -0.366 e. The lowest BCUT2D eigenvalue weighted by Gasteiger charge is -2.35. The van der Waals surface area contributed by atoms with Gasteiger partial charge in [-0.05, 0) is 41.7 Å². The number of amides is 1. The van der Waals surface area contributed by atoms with Crippen molar-refractivity contribution in [2.24, 2.45) is 5.73 Å². The van der Waals surface area contributed by atoms with E-state index in [1.807, 2.05) is 24.3 Å². The van der Waals surface area contributed by atoms with Crippen molar-refractivity contribution in [1.29, 1.82) is 0 Å². The summed E-state index contributed by atoms with van der Waals surface area (Å²) in [6, 6.07) is 16.1. The standard InChI is InChI=1S/C20H22N4OS/c21-19(25)16-6-2-1-5-15(16)9-10-23-11-13-24(14-12-23)20-17-7-3-4-8-18(17)26-22-20/h1-8H,9-14H2,(H2,21,25). The summed E-state index contributed by atoms with van der Waals surface area (Å²) in [5, 5.41) is 1.25. The fourth-order valence-corrected chi connectivity index (χ4v) is 4.34. The van der Waals surface area contributed by atoms with E-state index in [9.17, 15) is 4.79 Å². The molecule has 3 aromatic rings. The number of primary amides is 1. The second-order valence-electron chi connectivity index (χ2n) is 6.60.